The second-order valence-electron chi connectivity index (χ2n) is 6.55. The Morgan fingerprint density at radius 2 is 1.64 bits per heavy atom. The topological polar surface area (TPSA) is 44.1 Å². The second-order valence-corrected chi connectivity index (χ2v) is 6.55. The number of aryl methyl sites for hydroxylation is 1. The van der Waals surface area contributed by atoms with E-state index in [1.165, 1.54) is 0 Å². The van der Waals surface area contributed by atoms with Gasteiger partial charge in [-0.05, 0) is 24.1 Å². The van der Waals surface area contributed by atoms with Crippen LogP contribution < -0.4 is 0 Å². The standard InChI is InChI=1S/C21H20N2O2/c1-16-12-13-23(22-16)15-19-14-21(20(24)25-19,17-8-4-2-5-9-17)18-10-6-3-7-11-18/h2-13,19H,14-15H2,1H3. The van der Waals surface area contributed by atoms with E-state index < -0.39 is 5.41 Å². The molecule has 2 heterocycles. The molecule has 25 heavy (non-hydrogen) atoms. The van der Waals surface area contributed by atoms with Gasteiger partial charge in [0.25, 0.3) is 0 Å². The molecular formula is C21H20N2O2. The molecule has 1 unspecified atom stereocenters. The molecule has 0 saturated carbocycles. The molecule has 0 radical (unpaired) electrons. The Kier molecular flexibility index (Phi) is 3.88. The minimum absolute atomic E-state index is 0.182. The minimum atomic E-state index is -0.755. The summed E-state index contributed by atoms with van der Waals surface area (Å²) in [6.45, 7) is 2.52. The van der Waals surface area contributed by atoms with Crippen LogP contribution in [0.3, 0.4) is 0 Å². The van der Waals surface area contributed by atoms with Gasteiger partial charge in [0, 0.05) is 12.6 Å². The molecular weight excluding hydrogens is 312 g/mol. The number of ether oxygens (including phenoxy) is 1. The van der Waals surface area contributed by atoms with Gasteiger partial charge in [-0.1, -0.05) is 60.7 Å². The number of carbonyl (C=O) groups is 1. The first-order valence-electron chi connectivity index (χ1n) is 8.51. The highest BCUT2D eigenvalue weighted by Gasteiger charge is 2.51. The van der Waals surface area contributed by atoms with E-state index in [9.17, 15) is 4.79 Å². The van der Waals surface area contributed by atoms with Gasteiger partial charge in [0.1, 0.15) is 11.5 Å². The van der Waals surface area contributed by atoms with Gasteiger partial charge in [-0.15, -0.1) is 0 Å². The summed E-state index contributed by atoms with van der Waals surface area (Å²) in [5, 5.41) is 4.42. The molecule has 1 saturated heterocycles. The number of hydrogen-bond donors (Lipinski definition) is 0. The number of benzene rings is 2. The number of hydrogen-bond acceptors (Lipinski definition) is 3. The predicted octanol–water partition coefficient (Wildman–Crippen LogP) is 3.49. The van der Waals surface area contributed by atoms with Crippen molar-refractivity contribution < 1.29 is 9.53 Å². The maximum Gasteiger partial charge on any atom is 0.321 e. The molecule has 0 N–H and O–H groups in total. The van der Waals surface area contributed by atoms with Crippen LogP contribution in [-0.2, 0) is 21.5 Å². The first kappa shape index (κ1) is 15.6. The van der Waals surface area contributed by atoms with Crippen LogP contribution in [0.5, 0.6) is 0 Å². The Bertz CT molecular complexity index is 832. The third-order valence-electron chi connectivity index (χ3n) is 4.85. The average molecular weight is 332 g/mol. The number of carbonyl (C=O) groups excluding carboxylic acids is 1. The molecule has 2 aromatic carbocycles. The summed E-state index contributed by atoms with van der Waals surface area (Å²) in [4.78, 5) is 13.1. The average Bonchev–Trinajstić information content (AvgIpc) is 3.20. The molecule has 0 aliphatic carbocycles. The molecule has 4 nitrogen and oxygen atoms in total. The van der Waals surface area contributed by atoms with Crippen molar-refractivity contribution in [2.45, 2.75) is 31.4 Å². The molecule has 1 aromatic heterocycles. The van der Waals surface area contributed by atoms with Crippen molar-refractivity contribution in [2.24, 2.45) is 0 Å². The van der Waals surface area contributed by atoms with Crippen LogP contribution >= 0.6 is 0 Å². The highest BCUT2D eigenvalue weighted by atomic mass is 16.6. The van der Waals surface area contributed by atoms with E-state index in [1.54, 1.807) is 0 Å². The van der Waals surface area contributed by atoms with E-state index in [-0.39, 0.29) is 12.1 Å². The van der Waals surface area contributed by atoms with Crippen molar-refractivity contribution in [3.8, 4) is 0 Å². The van der Waals surface area contributed by atoms with E-state index in [4.69, 9.17) is 4.74 Å². The summed E-state index contributed by atoms with van der Waals surface area (Å²) < 4.78 is 7.65. The normalized spacial score (nSPS) is 18.9. The monoisotopic (exact) mass is 332 g/mol. The number of esters is 1. The Hall–Kier alpha value is -2.88. The van der Waals surface area contributed by atoms with Gasteiger partial charge in [-0.3, -0.25) is 9.48 Å². The fraction of sp³-hybridized carbons (Fsp3) is 0.238. The summed E-state index contributed by atoms with van der Waals surface area (Å²) in [6.07, 6.45) is 2.33. The molecule has 1 aliphatic rings. The zero-order valence-electron chi connectivity index (χ0n) is 14.1. The van der Waals surface area contributed by atoms with Gasteiger partial charge in [0.15, 0.2) is 0 Å². The fourth-order valence-corrected chi connectivity index (χ4v) is 3.68. The van der Waals surface area contributed by atoms with Crippen LogP contribution in [0.4, 0.5) is 0 Å². The fourth-order valence-electron chi connectivity index (χ4n) is 3.68. The molecule has 1 aliphatic heterocycles. The molecule has 4 heteroatoms. The number of nitrogens with zero attached hydrogens (tertiary/aromatic N) is 2. The van der Waals surface area contributed by atoms with Gasteiger partial charge in [0.2, 0.25) is 0 Å². The summed E-state index contributed by atoms with van der Waals surface area (Å²) in [6, 6.07) is 21.8. The van der Waals surface area contributed by atoms with Crippen molar-refractivity contribution in [2.75, 3.05) is 0 Å². The van der Waals surface area contributed by atoms with E-state index in [1.807, 2.05) is 84.5 Å². The van der Waals surface area contributed by atoms with Crippen LogP contribution in [0, 0.1) is 6.92 Å². The highest BCUT2D eigenvalue weighted by Crippen LogP contribution is 2.43. The lowest BCUT2D eigenvalue weighted by Crippen LogP contribution is -2.33. The number of cyclic esters (lactones) is 1. The van der Waals surface area contributed by atoms with Gasteiger partial charge in [-0.2, -0.15) is 5.10 Å². The van der Waals surface area contributed by atoms with Crippen LogP contribution in [0.1, 0.15) is 23.2 Å². The predicted molar refractivity (Wildman–Crippen MR) is 95.1 cm³/mol. The molecule has 0 spiro atoms. The van der Waals surface area contributed by atoms with Crippen LogP contribution in [-0.4, -0.2) is 21.9 Å². The smallest absolute Gasteiger partial charge is 0.321 e. The van der Waals surface area contributed by atoms with Gasteiger partial charge >= 0.3 is 5.97 Å². The second kappa shape index (κ2) is 6.20. The van der Waals surface area contributed by atoms with Gasteiger partial charge < -0.3 is 4.74 Å². The van der Waals surface area contributed by atoms with E-state index in [2.05, 4.69) is 5.10 Å². The quantitative estimate of drug-likeness (QED) is 0.687. The minimum Gasteiger partial charge on any atom is -0.459 e. The zero-order chi connectivity index (χ0) is 17.3. The first-order valence-corrected chi connectivity index (χ1v) is 8.51. The van der Waals surface area contributed by atoms with E-state index in [0.717, 1.165) is 16.8 Å². The Labute approximate surface area is 147 Å². The molecule has 126 valence electrons. The van der Waals surface area contributed by atoms with Gasteiger partial charge in [-0.25, -0.2) is 0 Å². The van der Waals surface area contributed by atoms with Crippen LogP contribution in [0.25, 0.3) is 0 Å². The van der Waals surface area contributed by atoms with Crippen molar-refractivity contribution in [1.82, 2.24) is 9.78 Å². The zero-order valence-corrected chi connectivity index (χ0v) is 14.1. The molecule has 4 rings (SSSR count). The lowest BCUT2D eigenvalue weighted by molar-refractivity contribution is -0.145. The third kappa shape index (κ3) is 2.74. The molecule has 0 amide bonds. The Morgan fingerprint density at radius 1 is 1.04 bits per heavy atom. The van der Waals surface area contributed by atoms with Crippen LogP contribution in [0.2, 0.25) is 0 Å². The number of aromatic nitrogens is 2. The lowest BCUT2D eigenvalue weighted by atomic mass is 9.72. The Balaban J connectivity index is 1.73. The highest BCUT2D eigenvalue weighted by molar-refractivity contribution is 5.89. The molecule has 0 bridgehead atoms. The third-order valence-corrected chi connectivity index (χ3v) is 4.85. The Morgan fingerprint density at radius 3 is 2.16 bits per heavy atom. The molecule has 1 fully saturated rings. The summed E-state index contributed by atoms with van der Waals surface area (Å²) in [5.74, 6) is -0.182. The SMILES string of the molecule is Cc1ccn(CC2CC(c3ccccc3)(c3ccccc3)C(=O)O2)n1. The molecule has 1 atom stereocenters. The van der Waals surface area contributed by atoms with Crippen molar-refractivity contribution in [3.05, 3.63) is 89.7 Å². The largest absolute Gasteiger partial charge is 0.459 e. The summed E-state index contributed by atoms with van der Waals surface area (Å²) in [5.41, 5.74) is 2.16. The number of rotatable bonds is 4. The van der Waals surface area contributed by atoms with E-state index >= 15 is 0 Å². The molecule has 3 aromatic rings. The maximum absolute atomic E-state index is 13.1. The summed E-state index contributed by atoms with van der Waals surface area (Å²) in [7, 11) is 0. The first-order chi connectivity index (χ1) is 12.2. The van der Waals surface area contributed by atoms with Crippen LogP contribution in [0.15, 0.2) is 72.9 Å². The van der Waals surface area contributed by atoms with Gasteiger partial charge in [0.05, 0.1) is 12.2 Å². The lowest BCUT2D eigenvalue weighted by Gasteiger charge is -2.26. The summed E-state index contributed by atoms with van der Waals surface area (Å²) >= 11 is 0. The van der Waals surface area contributed by atoms with Crippen molar-refractivity contribution in [3.63, 3.8) is 0 Å². The maximum atomic E-state index is 13.1. The van der Waals surface area contributed by atoms with Crippen molar-refractivity contribution >= 4 is 5.97 Å². The van der Waals surface area contributed by atoms with Crippen molar-refractivity contribution in [1.29, 1.82) is 0 Å². The van der Waals surface area contributed by atoms with E-state index in [0.29, 0.717) is 13.0 Å².